The number of aromatic nitrogens is 3. The van der Waals surface area contributed by atoms with Crippen LogP contribution in [0.3, 0.4) is 0 Å². The minimum Gasteiger partial charge on any atom is -0.314 e. The highest BCUT2D eigenvalue weighted by Gasteiger charge is 2.20. The van der Waals surface area contributed by atoms with E-state index >= 15 is 0 Å². The quantitative estimate of drug-likeness (QED) is 0.786. The molecule has 1 fully saturated rings. The summed E-state index contributed by atoms with van der Waals surface area (Å²) in [5, 5.41) is 15.4. The van der Waals surface area contributed by atoms with E-state index in [0.29, 0.717) is 0 Å². The van der Waals surface area contributed by atoms with Gasteiger partial charge < -0.3 is 5.32 Å². The maximum atomic E-state index is 4.49. The molecule has 0 bridgehead atoms. The third-order valence-corrected chi connectivity index (χ3v) is 4.70. The van der Waals surface area contributed by atoms with Crippen LogP contribution in [0, 0.1) is 0 Å². The fraction of sp³-hybridized carbons (Fsp3) is 0.312. The van der Waals surface area contributed by atoms with Crippen molar-refractivity contribution in [1.29, 1.82) is 0 Å². The molecule has 3 aromatic rings. The number of nitrogens with zero attached hydrogens (tertiary/aromatic N) is 3. The molecule has 0 saturated heterocycles. The van der Waals surface area contributed by atoms with Gasteiger partial charge in [-0.2, -0.15) is 0 Å². The first-order chi connectivity index (χ1) is 10.4. The van der Waals surface area contributed by atoms with Crippen LogP contribution in [0.4, 0.5) is 0 Å². The molecule has 1 saturated carbocycles. The first kappa shape index (κ1) is 12.9. The van der Waals surface area contributed by atoms with E-state index in [1.165, 1.54) is 12.8 Å². The van der Waals surface area contributed by atoms with Crippen LogP contribution in [-0.2, 0) is 6.42 Å². The van der Waals surface area contributed by atoms with Gasteiger partial charge in [0.15, 0.2) is 0 Å². The molecule has 1 aliphatic rings. The van der Waals surface area contributed by atoms with Gasteiger partial charge in [-0.15, -0.1) is 10.2 Å². The summed E-state index contributed by atoms with van der Waals surface area (Å²) in [5.41, 5.74) is 2.07. The van der Waals surface area contributed by atoms with Crippen LogP contribution in [-0.4, -0.2) is 27.8 Å². The number of hydrogen-bond donors (Lipinski definition) is 1. The topological polar surface area (TPSA) is 50.7 Å². The molecular weight excluding hydrogens is 280 g/mol. The third-order valence-electron chi connectivity index (χ3n) is 3.68. The Morgan fingerprint density at radius 1 is 1.14 bits per heavy atom. The first-order valence-corrected chi connectivity index (χ1v) is 8.12. The lowest BCUT2D eigenvalue weighted by Gasteiger charge is -2.01. The summed E-state index contributed by atoms with van der Waals surface area (Å²) in [6.07, 6.45) is 5.42. The van der Waals surface area contributed by atoms with Gasteiger partial charge in [-0.1, -0.05) is 29.5 Å². The van der Waals surface area contributed by atoms with Crippen molar-refractivity contribution in [2.45, 2.75) is 25.3 Å². The lowest BCUT2D eigenvalue weighted by atomic mass is 10.1. The number of nitrogens with one attached hydrogen (secondary N) is 1. The first-order valence-electron chi connectivity index (χ1n) is 7.30. The van der Waals surface area contributed by atoms with Gasteiger partial charge in [0.25, 0.3) is 0 Å². The van der Waals surface area contributed by atoms with Crippen LogP contribution >= 0.6 is 11.3 Å². The van der Waals surface area contributed by atoms with E-state index in [1.54, 1.807) is 11.3 Å². The van der Waals surface area contributed by atoms with Crippen molar-refractivity contribution in [2.24, 2.45) is 0 Å². The molecule has 4 rings (SSSR count). The zero-order valence-corrected chi connectivity index (χ0v) is 12.4. The van der Waals surface area contributed by atoms with Crippen molar-refractivity contribution in [1.82, 2.24) is 20.5 Å². The van der Waals surface area contributed by atoms with E-state index in [-0.39, 0.29) is 0 Å². The van der Waals surface area contributed by atoms with E-state index in [9.17, 15) is 0 Å². The number of para-hydroxylation sites is 1. The second-order valence-corrected chi connectivity index (χ2v) is 6.42. The van der Waals surface area contributed by atoms with Gasteiger partial charge in [-0.25, -0.2) is 0 Å². The molecule has 21 heavy (non-hydrogen) atoms. The summed E-state index contributed by atoms with van der Waals surface area (Å²) in [4.78, 5) is 4.49. The highest BCUT2D eigenvalue weighted by atomic mass is 32.1. The van der Waals surface area contributed by atoms with Gasteiger partial charge in [0.1, 0.15) is 10.0 Å². The molecule has 0 spiro atoms. The lowest BCUT2D eigenvalue weighted by molar-refractivity contribution is 0.677. The normalized spacial score (nSPS) is 14.7. The zero-order valence-electron chi connectivity index (χ0n) is 11.6. The van der Waals surface area contributed by atoms with Gasteiger partial charge in [0, 0.05) is 36.2 Å². The Bertz CT molecular complexity index is 758. The lowest BCUT2D eigenvalue weighted by Crippen LogP contribution is -2.19. The molecule has 5 heteroatoms. The van der Waals surface area contributed by atoms with E-state index in [0.717, 1.165) is 45.5 Å². The number of hydrogen-bond acceptors (Lipinski definition) is 5. The van der Waals surface area contributed by atoms with E-state index in [2.05, 4.69) is 44.8 Å². The SMILES string of the molecule is c1cnc2c(-c3nnc(CCNC4CC4)s3)cccc2c1. The number of fused-ring (bicyclic) bond motifs is 1. The van der Waals surface area contributed by atoms with Crippen LogP contribution < -0.4 is 5.32 Å². The van der Waals surface area contributed by atoms with Gasteiger partial charge in [0.05, 0.1) is 5.52 Å². The molecule has 1 aromatic carbocycles. The minimum absolute atomic E-state index is 0.750. The van der Waals surface area contributed by atoms with Crippen molar-refractivity contribution in [2.75, 3.05) is 6.54 Å². The smallest absolute Gasteiger partial charge is 0.150 e. The minimum atomic E-state index is 0.750. The summed E-state index contributed by atoms with van der Waals surface area (Å²) in [5.74, 6) is 0. The predicted molar refractivity (Wildman–Crippen MR) is 85.4 cm³/mol. The Morgan fingerprint density at radius 2 is 2.05 bits per heavy atom. The van der Waals surface area contributed by atoms with E-state index in [4.69, 9.17) is 0 Å². The Balaban J connectivity index is 1.58. The van der Waals surface area contributed by atoms with Gasteiger partial charge in [-0.05, 0) is 25.0 Å². The van der Waals surface area contributed by atoms with E-state index < -0.39 is 0 Å². The van der Waals surface area contributed by atoms with Crippen molar-refractivity contribution >= 4 is 22.2 Å². The molecule has 0 amide bonds. The maximum Gasteiger partial charge on any atom is 0.150 e. The molecule has 2 heterocycles. The van der Waals surface area contributed by atoms with Crippen LogP contribution in [0.2, 0.25) is 0 Å². The van der Waals surface area contributed by atoms with Crippen LogP contribution in [0.5, 0.6) is 0 Å². The zero-order chi connectivity index (χ0) is 14.1. The predicted octanol–water partition coefficient (Wildman–Crippen LogP) is 3.05. The van der Waals surface area contributed by atoms with Crippen LogP contribution in [0.1, 0.15) is 17.8 Å². The van der Waals surface area contributed by atoms with Crippen LogP contribution in [0.25, 0.3) is 21.5 Å². The summed E-state index contributed by atoms with van der Waals surface area (Å²) >= 11 is 1.67. The Hall–Kier alpha value is -1.85. The molecule has 2 aromatic heterocycles. The van der Waals surface area contributed by atoms with Crippen molar-refractivity contribution in [3.8, 4) is 10.6 Å². The number of rotatable bonds is 5. The van der Waals surface area contributed by atoms with Crippen LogP contribution in [0.15, 0.2) is 36.5 Å². The van der Waals surface area contributed by atoms with Gasteiger partial charge >= 0.3 is 0 Å². The number of pyridine rings is 1. The van der Waals surface area contributed by atoms with E-state index in [1.807, 2.05) is 12.3 Å². The molecule has 0 radical (unpaired) electrons. The van der Waals surface area contributed by atoms with Crippen molar-refractivity contribution in [3.05, 3.63) is 41.5 Å². The van der Waals surface area contributed by atoms with Gasteiger partial charge in [0.2, 0.25) is 0 Å². The Morgan fingerprint density at radius 3 is 2.95 bits per heavy atom. The maximum absolute atomic E-state index is 4.49. The summed E-state index contributed by atoms with van der Waals surface area (Å²) in [6, 6.07) is 11.0. The summed E-state index contributed by atoms with van der Waals surface area (Å²) in [7, 11) is 0. The molecule has 4 nitrogen and oxygen atoms in total. The largest absolute Gasteiger partial charge is 0.314 e. The molecule has 1 aliphatic carbocycles. The molecule has 0 atom stereocenters. The standard InChI is InChI=1S/C16H16N4S/c1-3-11-4-2-9-18-15(11)13(5-1)16-20-19-14(21-16)8-10-17-12-6-7-12/h1-5,9,12,17H,6-8,10H2. The Kier molecular flexibility index (Phi) is 3.37. The highest BCUT2D eigenvalue weighted by Crippen LogP contribution is 2.29. The monoisotopic (exact) mass is 296 g/mol. The molecule has 1 N–H and O–H groups in total. The molecule has 106 valence electrons. The summed E-state index contributed by atoms with van der Waals surface area (Å²) in [6.45, 7) is 0.993. The fourth-order valence-corrected chi connectivity index (χ4v) is 3.28. The van der Waals surface area contributed by atoms with Crippen molar-refractivity contribution < 1.29 is 0 Å². The van der Waals surface area contributed by atoms with Crippen molar-refractivity contribution in [3.63, 3.8) is 0 Å². The number of benzene rings is 1. The second kappa shape index (κ2) is 5.50. The third kappa shape index (κ3) is 2.80. The molecular formula is C16H16N4S. The fourth-order valence-electron chi connectivity index (χ4n) is 2.41. The summed E-state index contributed by atoms with van der Waals surface area (Å²) < 4.78 is 0. The second-order valence-electron chi connectivity index (χ2n) is 5.36. The molecule has 0 aliphatic heterocycles. The average molecular weight is 296 g/mol. The molecule has 0 unspecified atom stereocenters. The van der Waals surface area contributed by atoms with Gasteiger partial charge in [-0.3, -0.25) is 4.98 Å². The average Bonchev–Trinajstić information content (AvgIpc) is 3.23. The highest BCUT2D eigenvalue weighted by molar-refractivity contribution is 7.14. The Labute approximate surface area is 127 Å².